The van der Waals surface area contributed by atoms with Crippen LogP contribution in [0.5, 0.6) is 0 Å². The fraction of sp³-hybridized carbons (Fsp3) is 0.154. The molecule has 0 saturated carbocycles. The first-order valence-corrected chi connectivity index (χ1v) is 5.37. The topological polar surface area (TPSA) is 62.4 Å². The highest BCUT2D eigenvalue weighted by Crippen LogP contribution is 2.40. The normalized spacial score (nSPS) is 16.1. The van der Waals surface area contributed by atoms with Crippen molar-refractivity contribution in [1.82, 2.24) is 0 Å². The highest BCUT2D eigenvalue weighted by molar-refractivity contribution is 6.00. The standard InChI is InChI=1S/C13H7F3N2O2/c1-20-12(18-19)11-4-7(6-17)9-3-2-8(5-10(9)11)13(14,15)16/h2-5H,1H3/b12-11-. The number of nitrogens with zero attached hydrogens (tertiary/aromatic N) is 2. The molecule has 20 heavy (non-hydrogen) atoms. The lowest BCUT2D eigenvalue weighted by molar-refractivity contribution is -0.137. The number of methoxy groups -OCH3 is 1. The molecule has 0 bridgehead atoms. The van der Waals surface area contributed by atoms with Gasteiger partial charge in [0.15, 0.2) is 0 Å². The molecule has 0 heterocycles. The minimum absolute atomic E-state index is 0.0696. The average molecular weight is 280 g/mol. The summed E-state index contributed by atoms with van der Waals surface area (Å²) in [4.78, 5) is 10.6. The molecule has 0 unspecified atom stereocenters. The van der Waals surface area contributed by atoms with Crippen LogP contribution in [0, 0.1) is 16.2 Å². The minimum atomic E-state index is -4.52. The van der Waals surface area contributed by atoms with Crippen LogP contribution in [0.2, 0.25) is 0 Å². The van der Waals surface area contributed by atoms with Gasteiger partial charge in [-0.25, -0.2) is 0 Å². The van der Waals surface area contributed by atoms with E-state index >= 15 is 0 Å². The van der Waals surface area contributed by atoms with Gasteiger partial charge in [0.25, 0.3) is 5.88 Å². The van der Waals surface area contributed by atoms with E-state index in [4.69, 9.17) is 10.00 Å². The van der Waals surface area contributed by atoms with E-state index in [0.29, 0.717) is 5.56 Å². The molecule has 1 aromatic carbocycles. The lowest BCUT2D eigenvalue weighted by Gasteiger charge is -2.10. The molecule has 0 N–H and O–H groups in total. The van der Waals surface area contributed by atoms with Crippen molar-refractivity contribution in [1.29, 1.82) is 5.26 Å². The third-order valence-corrected chi connectivity index (χ3v) is 2.84. The predicted molar refractivity (Wildman–Crippen MR) is 64.8 cm³/mol. The number of ether oxygens (including phenoxy) is 1. The highest BCUT2D eigenvalue weighted by atomic mass is 19.4. The van der Waals surface area contributed by atoms with E-state index in [1.54, 1.807) is 0 Å². The lowest BCUT2D eigenvalue weighted by Crippen LogP contribution is -2.05. The smallest absolute Gasteiger partial charge is 0.416 e. The van der Waals surface area contributed by atoms with Gasteiger partial charge in [-0.15, -0.1) is 4.91 Å². The SMILES string of the molecule is CO/C(N=O)=C1/C=C(C#N)c2ccc(C(F)(F)F)cc21. The van der Waals surface area contributed by atoms with Gasteiger partial charge in [-0.1, -0.05) is 6.07 Å². The molecular weight excluding hydrogens is 273 g/mol. The lowest BCUT2D eigenvalue weighted by atomic mass is 10.0. The third-order valence-electron chi connectivity index (χ3n) is 2.84. The maximum atomic E-state index is 12.7. The summed E-state index contributed by atoms with van der Waals surface area (Å²) in [5.74, 6) is -0.365. The summed E-state index contributed by atoms with van der Waals surface area (Å²) in [6, 6.07) is 4.80. The Morgan fingerprint density at radius 1 is 1.35 bits per heavy atom. The molecule has 7 heteroatoms. The van der Waals surface area contributed by atoms with Gasteiger partial charge in [-0.2, -0.15) is 18.4 Å². The first-order valence-electron chi connectivity index (χ1n) is 5.37. The second-order valence-electron chi connectivity index (χ2n) is 3.94. The number of nitroso groups, excluding NO2 is 1. The Kier molecular flexibility index (Phi) is 3.32. The van der Waals surface area contributed by atoms with Crippen molar-refractivity contribution in [2.24, 2.45) is 5.18 Å². The Morgan fingerprint density at radius 2 is 2.05 bits per heavy atom. The van der Waals surface area contributed by atoms with Gasteiger partial charge >= 0.3 is 6.18 Å². The summed E-state index contributed by atoms with van der Waals surface area (Å²) in [5, 5.41) is 11.6. The first kappa shape index (κ1) is 13.8. The number of alkyl halides is 3. The molecule has 0 amide bonds. The van der Waals surface area contributed by atoms with Crippen LogP contribution in [0.15, 0.2) is 35.3 Å². The summed E-state index contributed by atoms with van der Waals surface area (Å²) in [7, 11) is 1.18. The summed E-state index contributed by atoms with van der Waals surface area (Å²) >= 11 is 0. The molecule has 0 atom stereocenters. The van der Waals surface area contributed by atoms with Crippen LogP contribution in [0.3, 0.4) is 0 Å². The fourth-order valence-corrected chi connectivity index (χ4v) is 1.94. The summed E-state index contributed by atoms with van der Waals surface area (Å²) in [6.07, 6.45) is -3.23. The highest BCUT2D eigenvalue weighted by Gasteiger charge is 2.33. The average Bonchev–Trinajstić information content (AvgIpc) is 2.77. The summed E-state index contributed by atoms with van der Waals surface area (Å²) in [5.41, 5.74) is -0.230. The summed E-state index contributed by atoms with van der Waals surface area (Å²) < 4.78 is 42.9. The molecule has 0 aliphatic heterocycles. The molecule has 0 saturated heterocycles. The number of hydrogen-bond acceptors (Lipinski definition) is 4. The van der Waals surface area contributed by atoms with Crippen LogP contribution >= 0.6 is 0 Å². The zero-order valence-corrected chi connectivity index (χ0v) is 10.2. The van der Waals surface area contributed by atoms with E-state index in [9.17, 15) is 18.1 Å². The predicted octanol–water partition coefficient (Wildman–Crippen LogP) is 3.71. The van der Waals surface area contributed by atoms with Gasteiger partial charge in [0.1, 0.15) is 0 Å². The Morgan fingerprint density at radius 3 is 2.55 bits per heavy atom. The largest absolute Gasteiger partial charge is 0.478 e. The van der Waals surface area contributed by atoms with E-state index in [0.717, 1.165) is 12.1 Å². The van der Waals surface area contributed by atoms with Gasteiger partial charge in [0.2, 0.25) is 0 Å². The van der Waals surface area contributed by atoms with Crippen LogP contribution in [-0.2, 0) is 10.9 Å². The van der Waals surface area contributed by atoms with Crippen LogP contribution in [0.25, 0.3) is 11.1 Å². The zero-order valence-electron chi connectivity index (χ0n) is 10.2. The van der Waals surface area contributed by atoms with Gasteiger partial charge in [-0.05, 0) is 23.8 Å². The van der Waals surface area contributed by atoms with Crippen molar-refractivity contribution in [3.63, 3.8) is 0 Å². The van der Waals surface area contributed by atoms with Crippen LogP contribution in [0.1, 0.15) is 16.7 Å². The Bertz CT molecular complexity index is 682. The van der Waals surface area contributed by atoms with Crippen molar-refractivity contribution in [2.75, 3.05) is 7.11 Å². The Balaban J connectivity index is 2.71. The van der Waals surface area contributed by atoms with Crippen molar-refractivity contribution in [3.8, 4) is 6.07 Å². The Hall–Kier alpha value is -2.62. The van der Waals surface area contributed by atoms with E-state index in [1.165, 1.54) is 19.3 Å². The van der Waals surface area contributed by atoms with Gasteiger partial charge in [-0.3, -0.25) is 0 Å². The van der Waals surface area contributed by atoms with Crippen molar-refractivity contribution in [2.45, 2.75) is 6.18 Å². The maximum absolute atomic E-state index is 12.7. The van der Waals surface area contributed by atoms with Crippen molar-refractivity contribution >= 4 is 11.1 Å². The van der Waals surface area contributed by atoms with E-state index < -0.39 is 11.7 Å². The van der Waals surface area contributed by atoms with Gasteiger partial charge < -0.3 is 4.74 Å². The molecule has 1 aromatic rings. The number of benzene rings is 1. The number of rotatable bonds is 2. The monoisotopic (exact) mass is 280 g/mol. The molecule has 0 spiro atoms. The van der Waals surface area contributed by atoms with E-state index in [2.05, 4.69) is 5.18 Å². The molecule has 1 aliphatic rings. The molecule has 2 rings (SSSR count). The van der Waals surface area contributed by atoms with E-state index in [1.807, 2.05) is 6.07 Å². The van der Waals surface area contributed by atoms with Crippen LogP contribution in [0.4, 0.5) is 13.2 Å². The van der Waals surface area contributed by atoms with Gasteiger partial charge in [0.05, 0.1) is 24.3 Å². The molecule has 4 nitrogen and oxygen atoms in total. The molecule has 0 fully saturated rings. The second kappa shape index (κ2) is 4.81. The fourth-order valence-electron chi connectivity index (χ4n) is 1.94. The Labute approximate surface area is 111 Å². The van der Waals surface area contributed by atoms with Crippen molar-refractivity contribution in [3.05, 3.63) is 51.8 Å². The molecule has 1 aliphatic carbocycles. The molecule has 0 aromatic heterocycles. The zero-order chi connectivity index (χ0) is 14.9. The molecule has 102 valence electrons. The van der Waals surface area contributed by atoms with Gasteiger partial charge in [0, 0.05) is 16.3 Å². The molecular formula is C13H7F3N2O2. The number of allylic oxidation sites excluding steroid dienone is 3. The van der Waals surface area contributed by atoms with Crippen molar-refractivity contribution < 1.29 is 17.9 Å². The maximum Gasteiger partial charge on any atom is 0.416 e. The first-order chi connectivity index (χ1) is 9.42. The number of halogens is 3. The summed E-state index contributed by atoms with van der Waals surface area (Å²) in [6.45, 7) is 0. The van der Waals surface area contributed by atoms with Crippen LogP contribution < -0.4 is 0 Å². The van der Waals surface area contributed by atoms with E-state index in [-0.39, 0.29) is 22.6 Å². The molecule has 0 radical (unpaired) electrons. The quantitative estimate of drug-likeness (QED) is 0.612. The number of hydrogen-bond donors (Lipinski definition) is 0. The second-order valence-corrected chi connectivity index (χ2v) is 3.94. The van der Waals surface area contributed by atoms with Crippen LogP contribution in [-0.4, -0.2) is 7.11 Å². The number of nitriles is 1. The number of fused-ring (bicyclic) bond motifs is 1. The minimum Gasteiger partial charge on any atom is -0.478 e. The third kappa shape index (κ3) is 2.16.